The van der Waals surface area contributed by atoms with Crippen molar-refractivity contribution in [2.24, 2.45) is 5.92 Å². The van der Waals surface area contributed by atoms with Crippen molar-refractivity contribution in [2.75, 3.05) is 12.4 Å². The van der Waals surface area contributed by atoms with E-state index in [1.165, 1.54) is 0 Å². The Hall–Kier alpha value is -2.80. The second-order valence-corrected chi connectivity index (χ2v) is 5.04. The zero-order valence-electron chi connectivity index (χ0n) is 12.7. The summed E-state index contributed by atoms with van der Waals surface area (Å²) in [5, 5.41) is 12.1. The number of ether oxygens (including phenoxy) is 1. The fraction of sp³-hybridized carbons (Fsp3) is 0.222. The molecule has 0 aromatic heterocycles. The van der Waals surface area contributed by atoms with Gasteiger partial charge in [-0.05, 0) is 42.7 Å². The van der Waals surface area contributed by atoms with E-state index in [-0.39, 0.29) is 5.91 Å². The lowest BCUT2D eigenvalue weighted by Crippen LogP contribution is -2.23. The largest absolute Gasteiger partial charge is 0.497 e. The molecule has 0 aliphatic carbocycles. The first kappa shape index (κ1) is 15.6. The number of nitrogens with zero attached hydrogens (tertiary/aromatic N) is 1. The number of amides is 1. The summed E-state index contributed by atoms with van der Waals surface area (Å²) in [7, 11) is 1.59. The highest BCUT2D eigenvalue weighted by atomic mass is 16.5. The highest BCUT2D eigenvalue weighted by molar-refractivity contribution is 5.94. The first-order valence-electron chi connectivity index (χ1n) is 7.03. The molecule has 1 amide bonds. The Morgan fingerprint density at radius 2 is 2.05 bits per heavy atom. The van der Waals surface area contributed by atoms with Crippen LogP contribution in [-0.4, -0.2) is 13.0 Å². The van der Waals surface area contributed by atoms with Gasteiger partial charge in [0.1, 0.15) is 11.7 Å². The molecule has 0 aliphatic rings. The number of hydrogen-bond acceptors (Lipinski definition) is 3. The molecule has 0 saturated heterocycles. The predicted molar refractivity (Wildman–Crippen MR) is 85.6 cm³/mol. The molecule has 0 bridgehead atoms. The number of benzene rings is 2. The third-order valence-electron chi connectivity index (χ3n) is 3.45. The molecule has 0 unspecified atom stereocenters. The number of methoxy groups -OCH3 is 1. The number of anilines is 1. The number of carbonyl (C=O) groups excluding carboxylic acids is 1. The van der Waals surface area contributed by atoms with Gasteiger partial charge < -0.3 is 10.1 Å². The molecular formula is C18H18N2O2. The Bertz CT molecular complexity index is 704. The summed E-state index contributed by atoms with van der Waals surface area (Å²) < 4.78 is 5.16. The SMILES string of the molecule is COc1cccc(C[C@H](C#N)C(=O)Nc2ccccc2C)c1. The highest BCUT2D eigenvalue weighted by Gasteiger charge is 2.19. The highest BCUT2D eigenvalue weighted by Crippen LogP contribution is 2.18. The zero-order valence-corrected chi connectivity index (χ0v) is 12.7. The van der Waals surface area contributed by atoms with Gasteiger partial charge in [-0.25, -0.2) is 0 Å². The van der Waals surface area contributed by atoms with Crippen molar-refractivity contribution in [1.82, 2.24) is 0 Å². The van der Waals surface area contributed by atoms with Gasteiger partial charge in [-0.1, -0.05) is 30.3 Å². The topological polar surface area (TPSA) is 62.1 Å². The Labute approximate surface area is 130 Å². The van der Waals surface area contributed by atoms with Crippen LogP contribution in [0.2, 0.25) is 0 Å². The van der Waals surface area contributed by atoms with Crippen LogP contribution in [-0.2, 0) is 11.2 Å². The van der Waals surface area contributed by atoms with Crippen molar-refractivity contribution in [2.45, 2.75) is 13.3 Å². The summed E-state index contributed by atoms with van der Waals surface area (Å²) in [5.41, 5.74) is 2.60. The van der Waals surface area contributed by atoms with E-state index in [2.05, 4.69) is 11.4 Å². The second kappa shape index (κ2) is 7.28. The van der Waals surface area contributed by atoms with Crippen molar-refractivity contribution in [3.8, 4) is 11.8 Å². The molecule has 22 heavy (non-hydrogen) atoms. The number of nitrogens with one attached hydrogen (secondary N) is 1. The third-order valence-corrected chi connectivity index (χ3v) is 3.45. The van der Waals surface area contributed by atoms with Gasteiger partial charge >= 0.3 is 0 Å². The van der Waals surface area contributed by atoms with Crippen molar-refractivity contribution >= 4 is 11.6 Å². The predicted octanol–water partition coefficient (Wildman–Crippen LogP) is 3.32. The summed E-state index contributed by atoms with van der Waals surface area (Å²) in [4.78, 5) is 12.3. The fourth-order valence-corrected chi connectivity index (χ4v) is 2.17. The minimum Gasteiger partial charge on any atom is -0.497 e. The van der Waals surface area contributed by atoms with Crippen LogP contribution in [0.4, 0.5) is 5.69 Å². The lowest BCUT2D eigenvalue weighted by Gasteiger charge is -2.12. The molecule has 112 valence electrons. The van der Waals surface area contributed by atoms with Gasteiger partial charge in [-0.2, -0.15) is 5.26 Å². The Balaban J connectivity index is 2.09. The van der Waals surface area contributed by atoms with Crippen LogP contribution >= 0.6 is 0 Å². The monoisotopic (exact) mass is 294 g/mol. The van der Waals surface area contributed by atoms with Gasteiger partial charge in [0.05, 0.1) is 13.2 Å². The fourth-order valence-electron chi connectivity index (χ4n) is 2.17. The van der Waals surface area contributed by atoms with Gasteiger partial charge in [0.15, 0.2) is 0 Å². The van der Waals surface area contributed by atoms with Crippen LogP contribution in [0.1, 0.15) is 11.1 Å². The van der Waals surface area contributed by atoms with Crippen LogP contribution in [0.25, 0.3) is 0 Å². The summed E-state index contributed by atoms with van der Waals surface area (Å²) >= 11 is 0. The van der Waals surface area contributed by atoms with Crippen LogP contribution < -0.4 is 10.1 Å². The maximum Gasteiger partial charge on any atom is 0.242 e. The van der Waals surface area contributed by atoms with E-state index in [1.54, 1.807) is 7.11 Å². The van der Waals surface area contributed by atoms with E-state index in [9.17, 15) is 10.1 Å². The summed E-state index contributed by atoms with van der Waals surface area (Å²) in [6, 6.07) is 17.0. The second-order valence-electron chi connectivity index (χ2n) is 5.04. The third kappa shape index (κ3) is 3.86. The molecule has 1 N–H and O–H groups in total. The number of rotatable bonds is 5. The standard InChI is InChI=1S/C18H18N2O2/c1-13-6-3-4-9-17(13)20-18(21)15(12-19)10-14-7-5-8-16(11-14)22-2/h3-9,11,15H,10H2,1-2H3,(H,20,21)/t15-/m1/s1. The van der Waals surface area contributed by atoms with Crippen LogP contribution in [0.3, 0.4) is 0 Å². The number of carbonyl (C=O) groups is 1. The van der Waals surface area contributed by atoms with Crippen molar-refractivity contribution in [1.29, 1.82) is 5.26 Å². The average Bonchev–Trinajstić information content (AvgIpc) is 2.54. The minimum absolute atomic E-state index is 0.292. The van der Waals surface area contributed by atoms with Crippen molar-refractivity contribution in [3.05, 3.63) is 59.7 Å². The molecule has 0 spiro atoms. The van der Waals surface area contributed by atoms with E-state index >= 15 is 0 Å². The van der Waals surface area contributed by atoms with Gasteiger partial charge in [0.2, 0.25) is 5.91 Å². The summed E-state index contributed by atoms with van der Waals surface area (Å²) in [5.74, 6) is -0.320. The first-order valence-corrected chi connectivity index (χ1v) is 7.03. The lowest BCUT2D eigenvalue weighted by molar-refractivity contribution is -0.118. The maximum absolute atomic E-state index is 12.3. The molecule has 2 aromatic carbocycles. The Morgan fingerprint density at radius 3 is 2.73 bits per heavy atom. The molecule has 0 saturated carbocycles. The lowest BCUT2D eigenvalue weighted by atomic mass is 9.99. The molecule has 0 fully saturated rings. The Kier molecular flexibility index (Phi) is 5.16. The van der Waals surface area contributed by atoms with E-state index < -0.39 is 5.92 Å². The van der Waals surface area contributed by atoms with E-state index in [4.69, 9.17) is 4.74 Å². The van der Waals surface area contributed by atoms with Gasteiger partial charge in [-0.15, -0.1) is 0 Å². The van der Waals surface area contributed by atoms with E-state index in [0.717, 1.165) is 16.8 Å². The number of hydrogen-bond donors (Lipinski definition) is 1. The van der Waals surface area contributed by atoms with E-state index in [1.807, 2.05) is 55.5 Å². The van der Waals surface area contributed by atoms with Crippen LogP contribution in [0.5, 0.6) is 5.75 Å². The first-order chi connectivity index (χ1) is 10.6. The van der Waals surface area contributed by atoms with Gasteiger partial charge in [0, 0.05) is 5.69 Å². The van der Waals surface area contributed by atoms with Gasteiger partial charge in [0.25, 0.3) is 0 Å². The molecule has 4 heteroatoms. The number of para-hydroxylation sites is 1. The smallest absolute Gasteiger partial charge is 0.242 e. The number of nitriles is 1. The van der Waals surface area contributed by atoms with E-state index in [0.29, 0.717) is 12.2 Å². The molecule has 1 atom stereocenters. The summed E-state index contributed by atoms with van der Waals surface area (Å²) in [6.45, 7) is 1.92. The van der Waals surface area contributed by atoms with Crippen molar-refractivity contribution in [3.63, 3.8) is 0 Å². The molecule has 0 radical (unpaired) electrons. The zero-order chi connectivity index (χ0) is 15.9. The molecule has 0 aliphatic heterocycles. The maximum atomic E-state index is 12.3. The quantitative estimate of drug-likeness (QED) is 0.920. The van der Waals surface area contributed by atoms with Crippen molar-refractivity contribution < 1.29 is 9.53 Å². The summed E-state index contributed by atoms with van der Waals surface area (Å²) in [6.07, 6.45) is 0.353. The molecule has 2 aromatic rings. The van der Waals surface area contributed by atoms with Crippen LogP contribution in [0.15, 0.2) is 48.5 Å². The normalized spacial score (nSPS) is 11.3. The molecule has 2 rings (SSSR count). The molecule has 0 heterocycles. The van der Waals surface area contributed by atoms with Gasteiger partial charge in [-0.3, -0.25) is 4.79 Å². The van der Waals surface area contributed by atoms with Crippen LogP contribution in [0, 0.1) is 24.2 Å². The molecule has 4 nitrogen and oxygen atoms in total. The Morgan fingerprint density at radius 1 is 1.27 bits per heavy atom. The number of aryl methyl sites for hydroxylation is 1. The average molecular weight is 294 g/mol. The minimum atomic E-state index is -0.744. The molecular weight excluding hydrogens is 276 g/mol.